The summed E-state index contributed by atoms with van der Waals surface area (Å²) in [6.45, 7) is 1.47. The number of hydrogen-bond acceptors (Lipinski definition) is 7. The lowest BCUT2D eigenvalue weighted by Gasteiger charge is -2.39. The molecule has 8 atom stereocenters. The summed E-state index contributed by atoms with van der Waals surface area (Å²) in [4.78, 5) is 62.5. The van der Waals surface area contributed by atoms with E-state index in [9.17, 15) is 19.5 Å². The number of benzene rings is 3. The fourth-order valence-electron chi connectivity index (χ4n) is 8.02. The van der Waals surface area contributed by atoms with E-state index in [1.807, 2.05) is 55.5 Å². The van der Waals surface area contributed by atoms with Crippen LogP contribution in [0.25, 0.3) is 0 Å². The van der Waals surface area contributed by atoms with Crippen LogP contribution in [0.4, 0.5) is 5.69 Å². The monoisotopic (exact) mass is 709 g/mol. The molecule has 4 aliphatic heterocycles. The Hall–Kier alpha value is -4.77. The van der Waals surface area contributed by atoms with Gasteiger partial charge in [-0.15, -0.1) is 0 Å². The molecule has 4 heterocycles. The molecule has 3 amide bonds. The molecule has 1 N–H and O–H groups in total. The predicted octanol–water partition coefficient (Wildman–Crippen LogP) is 5.04. The van der Waals surface area contributed by atoms with Crippen molar-refractivity contribution in [2.75, 3.05) is 25.1 Å². The molecule has 11 heteroatoms. The molecule has 4 aliphatic rings. The molecule has 0 radical (unpaired) electrons. The summed E-state index contributed by atoms with van der Waals surface area (Å²) in [5, 5.41) is 11.4. The maximum absolute atomic E-state index is 15.2. The van der Waals surface area contributed by atoms with E-state index in [4.69, 9.17) is 21.1 Å². The minimum Gasteiger partial charge on any atom is -0.455 e. The Morgan fingerprint density at radius 2 is 1.61 bits per heavy atom. The molecule has 264 valence electrons. The number of cyclic esters (lactones) is 1. The number of amides is 3. The zero-order valence-corrected chi connectivity index (χ0v) is 29.1. The van der Waals surface area contributed by atoms with E-state index < -0.39 is 72.2 Å². The first kappa shape index (κ1) is 34.7. The van der Waals surface area contributed by atoms with Gasteiger partial charge in [0.15, 0.2) is 0 Å². The number of likely N-dealkylation sites (N-methyl/N-ethyl adjacent to an activating group) is 1. The highest BCUT2D eigenvalue weighted by atomic mass is 35.5. The van der Waals surface area contributed by atoms with Crippen molar-refractivity contribution >= 4 is 41.0 Å². The Bertz CT molecular complexity index is 1850. The van der Waals surface area contributed by atoms with Crippen LogP contribution in [0.3, 0.4) is 0 Å². The second-order valence-electron chi connectivity index (χ2n) is 13.5. The van der Waals surface area contributed by atoms with Gasteiger partial charge < -0.3 is 29.3 Å². The molecular formula is C40H40ClN3O7. The van der Waals surface area contributed by atoms with E-state index >= 15 is 4.79 Å². The zero-order valence-electron chi connectivity index (χ0n) is 28.4. The maximum atomic E-state index is 15.2. The number of aliphatic hydroxyl groups excluding tert-OH is 1. The molecule has 10 nitrogen and oxygen atoms in total. The number of esters is 1. The fourth-order valence-corrected chi connectivity index (χ4v) is 8.14. The van der Waals surface area contributed by atoms with Gasteiger partial charge in [-0.2, -0.15) is 0 Å². The van der Waals surface area contributed by atoms with Crippen LogP contribution >= 0.6 is 11.6 Å². The lowest BCUT2D eigenvalue weighted by Crippen LogP contribution is -2.57. The topological polar surface area (TPSA) is 117 Å². The summed E-state index contributed by atoms with van der Waals surface area (Å²) in [5.41, 5.74) is 0.335. The summed E-state index contributed by atoms with van der Waals surface area (Å²) in [5.74, 6) is -3.95. The quantitative estimate of drug-likeness (QED) is 0.292. The maximum Gasteiger partial charge on any atom is 0.313 e. The predicted molar refractivity (Wildman–Crippen MR) is 190 cm³/mol. The Morgan fingerprint density at radius 1 is 0.922 bits per heavy atom. The van der Waals surface area contributed by atoms with E-state index in [0.717, 1.165) is 0 Å². The van der Waals surface area contributed by atoms with Crippen LogP contribution in [-0.2, 0) is 28.7 Å². The Labute approximate surface area is 301 Å². The largest absolute Gasteiger partial charge is 0.455 e. The van der Waals surface area contributed by atoms with Crippen LogP contribution in [0.5, 0.6) is 0 Å². The van der Waals surface area contributed by atoms with Crippen molar-refractivity contribution in [2.24, 2.45) is 11.8 Å². The molecule has 2 saturated heterocycles. The second kappa shape index (κ2) is 14.1. The number of rotatable bonds is 5. The van der Waals surface area contributed by atoms with Gasteiger partial charge in [-0.25, -0.2) is 0 Å². The zero-order chi connectivity index (χ0) is 35.9. The SMILES string of the molecule is C[C@H]1[C@H](c2ccccc2)OC(=O)[C@@H]2[C@H]3C(=O)N([C@H](CO)c4ccccc4)[C@H](C(=O)N(c4ccc(Cl)cc4)C/C=C\CCC(=O)N1C)[C@]31C=C[C@H]2O1. The molecular weight excluding hydrogens is 670 g/mol. The fraction of sp³-hybridized carbons (Fsp3) is 0.350. The van der Waals surface area contributed by atoms with Gasteiger partial charge in [-0.1, -0.05) is 96.6 Å². The summed E-state index contributed by atoms with van der Waals surface area (Å²) < 4.78 is 12.9. The molecule has 0 saturated carbocycles. The molecule has 3 aromatic rings. The Morgan fingerprint density at radius 3 is 2.29 bits per heavy atom. The van der Waals surface area contributed by atoms with Crippen LogP contribution in [0.1, 0.15) is 43.0 Å². The average Bonchev–Trinajstić information content (AvgIpc) is 3.80. The van der Waals surface area contributed by atoms with Crippen molar-refractivity contribution in [3.63, 3.8) is 0 Å². The lowest BCUT2D eigenvalue weighted by atomic mass is 9.74. The van der Waals surface area contributed by atoms with E-state index in [1.54, 1.807) is 77.5 Å². The minimum atomic E-state index is -1.52. The molecule has 7 rings (SSSR count). The first-order valence-corrected chi connectivity index (χ1v) is 17.6. The molecule has 1 spiro atoms. The van der Waals surface area contributed by atoms with Crippen LogP contribution in [0.15, 0.2) is 109 Å². The van der Waals surface area contributed by atoms with Gasteiger partial charge in [0.2, 0.25) is 11.8 Å². The van der Waals surface area contributed by atoms with E-state index in [1.165, 1.54) is 4.90 Å². The van der Waals surface area contributed by atoms with E-state index in [0.29, 0.717) is 28.3 Å². The highest BCUT2D eigenvalue weighted by molar-refractivity contribution is 6.30. The van der Waals surface area contributed by atoms with Gasteiger partial charge in [0, 0.05) is 30.7 Å². The highest BCUT2D eigenvalue weighted by Crippen LogP contribution is 2.57. The van der Waals surface area contributed by atoms with Crippen LogP contribution < -0.4 is 4.90 Å². The number of carbonyl (C=O) groups excluding carboxylic acids is 4. The van der Waals surface area contributed by atoms with Gasteiger partial charge in [0.25, 0.3) is 5.91 Å². The first-order chi connectivity index (χ1) is 24.7. The van der Waals surface area contributed by atoms with Gasteiger partial charge in [0.1, 0.15) is 23.7 Å². The number of halogens is 1. The van der Waals surface area contributed by atoms with Gasteiger partial charge >= 0.3 is 5.97 Å². The van der Waals surface area contributed by atoms with Gasteiger partial charge in [-0.05, 0) is 48.7 Å². The average molecular weight is 710 g/mol. The van der Waals surface area contributed by atoms with E-state index in [-0.39, 0.29) is 18.9 Å². The van der Waals surface area contributed by atoms with Crippen molar-refractivity contribution in [1.82, 2.24) is 9.80 Å². The van der Waals surface area contributed by atoms with Crippen LogP contribution in [-0.4, -0.2) is 82.6 Å². The highest BCUT2D eigenvalue weighted by Gasteiger charge is 2.74. The van der Waals surface area contributed by atoms with Gasteiger partial charge in [-0.3, -0.25) is 19.2 Å². The molecule has 0 aromatic heterocycles. The van der Waals surface area contributed by atoms with Crippen molar-refractivity contribution in [3.8, 4) is 0 Å². The number of allylic oxidation sites excluding steroid dienone is 1. The summed E-state index contributed by atoms with van der Waals surface area (Å²) in [6, 6.07) is 22.3. The molecule has 3 aromatic carbocycles. The molecule has 0 unspecified atom stereocenters. The number of ether oxygens (including phenoxy) is 2. The number of hydrogen-bond donors (Lipinski definition) is 1. The third-order valence-electron chi connectivity index (χ3n) is 10.7. The van der Waals surface area contributed by atoms with Crippen molar-refractivity contribution in [2.45, 2.75) is 55.7 Å². The first-order valence-electron chi connectivity index (χ1n) is 17.2. The molecule has 51 heavy (non-hydrogen) atoms. The summed E-state index contributed by atoms with van der Waals surface area (Å²) in [7, 11) is 1.69. The Balaban J connectivity index is 1.38. The van der Waals surface area contributed by atoms with Crippen molar-refractivity contribution in [3.05, 3.63) is 125 Å². The van der Waals surface area contributed by atoms with Crippen LogP contribution in [0, 0.1) is 11.8 Å². The number of anilines is 1. The molecule has 2 fully saturated rings. The number of nitrogens with zero attached hydrogens (tertiary/aromatic N) is 3. The minimum absolute atomic E-state index is 0.115. The lowest BCUT2D eigenvalue weighted by molar-refractivity contribution is -0.164. The number of fused-ring (bicyclic) bond motifs is 2. The molecule has 0 aliphatic carbocycles. The Kier molecular flexibility index (Phi) is 9.58. The summed E-state index contributed by atoms with van der Waals surface area (Å²) >= 11 is 6.23. The normalized spacial score (nSPS) is 30.8. The standard InChI is InChI=1S/C40H40ClN3O7/c1-25-35(27-14-8-4-9-15-27)50-39(49)33-31-21-22-40(51-31)34(33)37(47)44(30(24-45)26-12-6-3-7-13-26)36(40)38(48)43(29-19-17-28(41)18-20-29)23-11-5-10-16-32(46)42(25)2/h3-9,11-15,17-22,25,30-31,33-36,45H,10,16,23-24H2,1-2H3/b11-5-/t25-,30+,31+,33-,34-,35+,36+,40-/m0/s1. The molecule has 5 bridgehead atoms. The second-order valence-corrected chi connectivity index (χ2v) is 13.9. The van der Waals surface area contributed by atoms with Crippen molar-refractivity contribution in [1.29, 1.82) is 0 Å². The van der Waals surface area contributed by atoms with Crippen LogP contribution in [0.2, 0.25) is 5.02 Å². The number of aliphatic hydroxyl groups is 1. The smallest absolute Gasteiger partial charge is 0.313 e. The number of likely N-dealkylation sites (tertiary alicyclic amines) is 1. The van der Waals surface area contributed by atoms with Gasteiger partial charge in [0.05, 0.1) is 30.7 Å². The third-order valence-corrected chi connectivity index (χ3v) is 11.0. The van der Waals surface area contributed by atoms with Crippen molar-refractivity contribution < 1.29 is 33.8 Å². The number of carbonyl (C=O) groups is 4. The third kappa shape index (κ3) is 6.05. The summed E-state index contributed by atoms with van der Waals surface area (Å²) in [6.07, 6.45) is 6.07. The van der Waals surface area contributed by atoms with E-state index in [2.05, 4.69) is 0 Å².